The van der Waals surface area contributed by atoms with E-state index in [1.165, 1.54) is 12.1 Å². The van der Waals surface area contributed by atoms with E-state index >= 15 is 0 Å². The minimum Gasteiger partial charge on any atom is -0.545 e. The van der Waals surface area contributed by atoms with Crippen LogP contribution in [0.15, 0.2) is 64.8 Å². The molecule has 10 nitrogen and oxygen atoms in total. The summed E-state index contributed by atoms with van der Waals surface area (Å²) in [5.41, 5.74) is 1.73. The molecule has 1 unspecified atom stereocenters. The number of carbonyl (C=O) groups excluding carboxylic acids is 1. The van der Waals surface area contributed by atoms with Crippen LogP contribution < -0.4 is 39.4 Å². The topological polar surface area (TPSA) is 141 Å². The monoisotopic (exact) mass is 595 g/mol. The summed E-state index contributed by atoms with van der Waals surface area (Å²) in [7, 11) is -4.73. The number of nitrogens with zero attached hydrogens (tertiary/aromatic N) is 3. The number of imidazole rings is 1. The Morgan fingerprint density at radius 2 is 1.82 bits per heavy atom. The van der Waals surface area contributed by atoms with Gasteiger partial charge in [0.05, 0.1) is 50.8 Å². The summed E-state index contributed by atoms with van der Waals surface area (Å²) in [6.45, 7) is 4.32. The van der Waals surface area contributed by atoms with Crippen LogP contribution in [0.3, 0.4) is 0 Å². The number of carbonyl (C=O) groups is 1. The fourth-order valence-corrected chi connectivity index (χ4v) is 7.20. The van der Waals surface area contributed by atoms with Gasteiger partial charge in [-0.25, -0.2) is 17.4 Å². The number of carboxylic acids is 1. The van der Waals surface area contributed by atoms with Crippen LogP contribution in [-0.2, 0) is 31.3 Å². The number of ether oxygens (including phenoxy) is 2. The third kappa shape index (κ3) is 6.99. The SMILES string of the molecule is C.COCCCOc1ccnc(CS(=O)c2nc3ccccc3n2S(=O)(=O)c2cc(C(=O)[O-])ccc2C)c1C.[Na+]. The maximum absolute atomic E-state index is 13.9. The van der Waals surface area contributed by atoms with Gasteiger partial charge in [0.2, 0.25) is 5.16 Å². The molecule has 0 aliphatic carbocycles. The van der Waals surface area contributed by atoms with Gasteiger partial charge in [0.25, 0.3) is 10.0 Å². The molecule has 0 bridgehead atoms. The molecule has 0 saturated carbocycles. The molecule has 40 heavy (non-hydrogen) atoms. The summed E-state index contributed by atoms with van der Waals surface area (Å²) in [5, 5.41) is 11.2. The Kier molecular flexibility index (Phi) is 12.0. The number of rotatable bonds is 11. The van der Waals surface area contributed by atoms with Gasteiger partial charge in [-0.15, -0.1) is 0 Å². The summed E-state index contributed by atoms with van der Waals surface area (Å²) in [6, 6.07) is 11.9. The van der Waals surface area contributed by atoms with E-state index in [4.69, 9.17) is 9.47 Å². The molecule has 0 saturated heterocycles. The third-order valence-electron chi connectivity index (χ3n) is 5.91. The van der Waals surface area contributed by atoms with E-state index in [1.807, 2.05) is 0 Å². The molecule has 0 spiro atoms. The number of aromatic carboxylic acids is 1. The second-order valence-corrected chi connectivity index (χ2v) is 11.6. The Morgan fingerprint density at radius 3 is 2.52 bits per heavy atom. The molecule has 0 radical (unpaired) electrons. The van der Waals surface area contributed by atoms with Crippen molar-refractivity contribution in [3.8, 4) is 5.75 Å². The molecule has 0 N–H and O–H groups in total. The number of aryl methyl sites for hydroxylation is 1. The Bertz CT molecular complexity index is 1640. The average Bonchev–Trinajstić information content (AvgIpc) is 3.29. The summed E-state index contributed by atoms with van der Waals surface area (Å²) in [6.07, 6.45) is 2.24. The molecule has 4 aromatic rings. The van der Waals surface area contributed by atoms with Gasteiger partial charge >= 0.3 is 29.6 Å². The maximum Gasteiger partial charge on any atom is 1.00 e. The van der Waals surface area contributed by atoms with Crippen molar-refractivity contribution in [3.05, 3.63) is 77.1 Å². The predicted octanol–water partition coefficient (Wildman–Crippen LogP) is 0.0118. The van der Waals surface area contributed by atoms with Crippen LogP contribution in [0.4, 0.5) is 0 Å². The summed E-state index contributed by atoms with van der Waals surface area (Å²) < 4.78 is 53.2. The van der Waals surface area contributed by atoms with Crippen molar-refractivity contribution >= 4 is 37.8 Å². The number of hydrogen-bond acceptors (Lipinski definition) is 9. The minimum absolute atomic E-state index is 0. The second kappa shape index (κ2) is 14.3. The number of benzene rings is 2. The third-order valence-corrected chi connectivity index (χ3v) is 9.09. The smallest absolute Gasteiger partial charge is 0.545 e. The van der Waals surface area contributed by atoms with E-state index in [9.17, 15) is 22.5 Å². The van der Waals surface area contributed by atoms with Crippen molar-refractivity contribution in [2.24, 2.45) is 0 Å². The zero-order chi connectivity index (χ0) is 27.4. The Labute approximate surface area is 258 Å². The van der Waals surface area contributed by atoms with E-state index in [1.54, 1.807) is 57.5 Å². The number of pyridine rings is 1. The van der Waals surface area contributed by atoms with E-state index < -0.39 is 26.8 Å². The quantitative estimate of drug-likeness (QED) is 0.173. The molecule has 13 heteroatoms. The fraction of sp³-hybridized carbons (Fsp3) is 0.296. The first-order valence-electron chi connectivity index (χ1n) is 11.6. The first-order valence-corrected chi connectivity index (χ1v) is 14.4. The molecular formula is C27H30N3NaO7S2. The zero-order valence-corrected chi connectivity index (χ0v) is 25.7. The molecule has 0 fully saturated rings. The van der Waals surface area contributed by atoms with Crippen LogP contribution in [-0.4, -0.2) is 52.9 Å². The van der Waals surface area contributed by atoms with Crippen LogP contribution >= 0.6 is 0 Å². The van der Waals surface area contributed by atoms with Crippen molar-refractivity contribution in [3.63, 3.8) is 0 Å². The summed E-state index contributed by atoms with van der Waals surface area (Å²) in [4.78, 5) is 19.9. The Hall–Kier alpha value is -2.61. The van der Waals surface area contributed by atoms with Crippen LogP contribution in [0.2, 0.25) is 0 Å². The average molecular weight is 596 g/mol. The standard InChI is InChI=1S/C26H27N3O7S2.CH4.Na/c1-17-9-10-19(25(30)31)15-24(17)38(33,34)29-22-8-5-4-7-20(22)28-26(29)37(32)16-21-18(2)23(11-12-27-21)36-14-6-13-35-3;;/h4-5,7-12,15H,6,13-14,16H2,1-3H3,(H,30,31);1H4;/q;;+1/p-1. The number of methoxy groups -OCH3 is 1. The number of para-hydroxylation sites is 2. The zero-order valence-electron chi connectivity index (χ0n) is 22.0. The molecular weight excluding hydrogens is 565 g/mol. The predicted molar refractivity (Wildman–Crippen MR) is 146 cm³/mol. The molecule has 4 rings (SSSR count). The minimum atomic E-state index is -4.40. The van der Waals surface area contributed by atoms with E-state index in [2.05, 4.69) is 9.97 Å². The molecule has 2 heterocycles. The molecule has 208 valence electrons. The number of fused-ring (bicyclic) bond motifs is 1. The number of carboxylic acid groups (broad SMARTS) is 1. The van der Waals surface area contributed by atoms with Crippen LogP contribution in [0.1, 0.15) is 41.0 Å². The largest absolute Gasteiger partial charge is 1.00 e. The number of aromatic nitrogens is 3. The first-order chi connectivity index (χ1) is 18.1. The van der Waals surface area contributed by atoms with Crippen LogP contribution in [0.25, 0.3) is 11.0 Å². The summed E-state index contributed by atoms with van der Waals surface area (Å²) >= 11 is 0. The maximum atomic E-state index is 13.9. The van der Waals surface area contributed by atoms with Crippen LogP contribution in [0.5, 0.6) is 5.75 Å². The van der Waals surface area contributed by atoms with Crippen molar-refractivity contribution in [2.45, 2.75) is 43.5 Å². The van der Waals surface area contributed by atoms with Gasteiger partial charge in [0.15, 0.2) is 0 Å². The van der Waals surface area contributed by atoms with Gasteiger partial charge in [0, 0.05) is 31.9 Å². The molecule has 0 aliphatic rings. The van der Waals surface area contributed by atoms with Gasteiger partial charge in [-0.1, -0.05) is 31.7 Å². The van der Waals surface area contributed by atoms with E-state index in [-0.39, 0.29) is 63.9 Å². The fourth-order valence-electron chi connectivity index (χ4n) is 3.90. The van der Waals surface area contributed by atoms with Gasteiger partial charge in [0.1, 0.15) is 5.75 Å². The molecule has 0 aliphatic heterocycles. The van der Waals surface area contributed by atoms with E-state index in [0.717, 1.165) is 10.0 Å². The van der Waals surface area contributed by atoms with Crippen molar-refractivity contribution in [2.75, 3.05) is 20.3 Å². The van der Waals surface area contributed by atoms with E-state index in [0.29, 0.717) is 47.7 Å². The van der Waals surface area contributed by atoms with Crippen molar-refractivity contribution < 1.29 is 61.6 Å². The summed E-state index contributed by atoms with van der Waals surface area (Å²) in [5.74, 6) is -1.04. The molecule has 2 aromatic carbocycles. The van der Waals surface area contributed by atoms with Crippen molar-refractivity contribution in [1.82, 2.24) is 13.9 Å². The van der Waals surface area contributed by atoms with Gasteiger partial charge < -0.3 is 19.4 Å². The Morgan fingerprint density at radius 1 is 1.10 bits per heavy atom. The normalized spacial score (nSPS) is 11.9. The second-order valence-electron chi connectivity index (χ2n) is 8.49. The molecule has 1 atom stereocenters. The van der Waals surface area contributed by atoms with Gasteiger partial charge in [-0.05, 0) is 49.2 Å². The Balaban J connectivity index is 0.00000280. The van der Waals surface area contributed by atoms with Crippen LogP contribution in [0, 0.1) is 13.8 Å². The molecule has 0 amide bonds. The first kappa shape index (κ1) is 33.6. The molecule has 2 aromatic heterocycles. The van der Waals surface area contributed by atoms with Crippen molar-refractivity contribution in [1.29, 1.82) is 0 Å². The van der Waals surface area contributed by atoms with Gasteiger partial charge in [-0.3, -0.25) is 9.19 Å². The van der Waals surface area contributed by atoms with Gasteiger partial charge in [-0.2, -0.15) is 0 Å². The number of hydrogen-bond donors (Lipinski definition) is 0.